The Morgan fingerprint density at radius 1 is 1.05 bits per heavy atom. The molecule has 0 atom stereocenters. The summed E-state index contributed by atoms with van der Waals surface area (Å²) in [7, 11) is 0. The van der Waals surface area contributed by atoms with Crippen molar-refractivity contribution in [2.75, 3.05) is 6.61 Å². The second-order valence-electron chi connectivity index (χ2n) is 4.51. The van der Waals surface area contributed by atoms with Crippen molar-refractivity contribution in [2.45, 2.75) is 13.5 Å². The lowest BCUT2D eigenvalue weighted by atomic mass is 10.1. The molecule has 0 radical (unpaired) electrons. The minimum absolute atomic E-state index is 0.315. The van der Waals surface area contributed by atoms with Gasteiger partial charge in [0.1, 0.15) is 0 Å². The van der Waals surface area contributed by atoms with Crippen molar-refractivity contribution in [3.8, 4) is 0 Å². The molecule has 0 bridgehead atoms. The van der Waals surface area contributed by atoms with Gasteiger partial charge in [0.15, 0.2) is 0 Å². The monoisotopic (exact) mass is 281 g/mol. The first-order chi connectivity index (χ1) is 10.3. The van der Waals surface area contributed by atoms with E-state index in [1.807, 2.05) is 60.7 Å². The van der Waals surface area contributed by atoms with Crippen LogP contribution < -0.4 is 5.32 Å². The molecule has 0 aliphatic heterocycles. The number of carbonyl (C=O) groups is 1. The summed E-state index contributed by atoms with van der Waals surface area (Å²) < 4.78 is 5.11. The van der Waals surface area contributed by atoms with Gasteiger partial charge >= 0.3 is 5.97 Å². The molecule has 3 heteroatoms. The third kappa shape index (κ3) is 4.49. The molecule has 21 heavy (non-hydrogen) atoms. The van der Waals surface area contributed by atoms with Gasteiger partial charge in [-0.3, -0.25) is 0 Å². The maximum atomic E-state index is 12.1. The average Bonchev–Trinajstić information content (AvgIpc) is 2.53. The zero-order valence-electron chi connectivity index (χ0n) is 12.1. The zero-order valence-corrected chi connectivity index (χ0v) is 12.1. The Morgan fingerprint density at radius 3 is 2.29 bits per heavy atom. The van der Waals surface area contributed by atoms with Crippen LogP contribution in [0.1, 0.15) is 18.1 Å². The van der Waals surface area contributed by atoms with Gasteiger partial charge in [0.05, 0.1) is 12.2 Å². The van der Waals surface area contributed by atoms with Crippen molar-refractivity contribution < 1.29 is 9.53 Å². The predicted molar refractivity (Wildman–Crippen MR) is 84.3 cm³/mol. The molecule has 0 heterocycles. The molecule has 0 saturated carbocycles. The fourth-order valence-electron chi connectivity index (χ4n) is 1.95. The Kier molecular flexibility index (Phi) is 5.59. The van der Waals surface area contributed by atoms with Crippen LogP contribution in [-0.2, 0) is 16.1 Å². The number of nitrogens with one attached hydrogen (secondary N) is 1. The molecule has 0 aliphatic carbocycles. The summed E-state index contributed by atoms with van der Waals surface area (Å²) in [6.45, 7) is 2.83. The molecule has 0 fully saturated rings. The zero-order chi connectivity index (χ0) is 14.9. The third-order valence-electron chi connectivity index (χ3n) is 2.98. The van der Waals surface area contributed by atoms with Crippen LogP contribution in [0.2, 0.25) is 0 Å². The van der Waals surface area contributed by atoms with Crippen molar-refractivity contribution in [3.05, 3.63) is 78.0 Å². The quantitative estimate of drug-likeness (QED) is 0.651. The van der Waals surface area contributed by atoms with E-state index in [-0.39, 0.29) is 5.97 Å². The SMILES string of the molecule is CCOC(=O)/C(=C\NCc1ccccc1)c1ccccc1. The van der Waals surface area contributed by atoms with Crippen LogP contribution >= 0.6 is 0 Å². The Balaban J connectivity index is 2.11. The molecular formula is C18H19NO2. The maximum absolute atomic E-state index is 12.1. The summed E-state index contributed by atoms with van der Waals surface area (Å²) >= 11 is 0. The molecule has 0 saturated heterocycles. The molecule has 1 N–H and O–H groups in total. The van der Waals surface area contributed by atoms with Gasteiger partial charge in [-0.2, -0.15) is 0 Å². The molecule has 2 aromatic rings. The van der Waals surface area contributed by atoms with Crippen molar-refractivity contribution >= 4 is 11.5 Å². The van der Waals surface area contributed by atoms with Crippen LogP contribution in [0.25, 0.3) is 5.57 Å². The van der Waals surface area contributed by atoms with Crippen LogP contribution in [0.4, 0.5) is 0 Å². The van der Waals surface area contributed by atoms with E-state index in [1.165, 1.54) is 0 Å². The first kappa shape index (κ1) is 14.9. The Bertz CT molecular complexity index is 591. The maximum Gasteiger partial charge on any atom is 0.340 e. The van der Waals surface area contributed by atoms with E-state index in [9.17, 15) is 4.79 Å². The van der Waals surface area contributed by atoms with Gasteiger partial charge in [-0.25, -0.2) is 4.79 Å². The fraction of sp³-hybridized carbons (Fsp3) is 0.167. The normalized spacial score (nSPS) is 11.0. The fourth-order valence-corrected chi connectivity index (χ4v) is 1.95. The molecule has 2 rings (SSSR count). The van der Waals surface area contributed by atoms with Gasteiger partial charge in [-0.1, -0.05) is 60.7 Å². The number of benzene rings is 2. The summed E-state index contributed by atoms with van der Waals surface area (Å²) in [4.78, 5) is 12.1. The summed E-state index contributed by atoms with van der Waals surface area (Å²) in [6, 6.07) is 19.5. The largest absolute Gasteiger partial charge is 0.462 e. The molecule has 2 aromatic carbocycles. The lowest BCUT2D eigenvalue weighted by Gasteiger charge is -2.08. The van der Waals surface area contributed by atoms with E-state index in [1.54, 1.807) is 13.1 Å². The minimum Gasteiger partial charge on any atom is -0.462 e. The first-order valence-electron chi connectivity index (χ1n) is 7.01. The highest BCUT2D eigenvalue weighted by atomic mass is 16.5. The standard InChI is InChI=1S/C18H19NO2/c1-2-21-18(20)17(16-11-7-4-8-12-16)14-19-13-15-9-5-3-6-10-15/h3-12,14,19H,2,13H2,1H3/b17-14-. The molecule has 108 valence electrons. The average molecular weight is 281 g/mol. The molecular weight excluding hydrogens is 262 g/mol. The first-order valence-corrected chi connectivity index (χ1v) is 7.01. The minimum atomic E-state index is -0.315. The number of carbonyl (C=O) groups excluding carboxylic acids is 1. The third-order valence-corrected chi connectivity index (χ3v) is 2.98. The lowest BCUT2D eigenvalue weighted by molar-refractivity contribution is -0.136. The Morgan fingerprint density at radius 2 is 1.67 bits per heavy atom. The summed E-state index contributed by atoms with van der Waals surface area (Å²) in [5.41, 5.74) is 2.54. The highest BCUT2D eigenvalue weighted by Crippen LogP contribution is 2.15. The molecule has 0 aromatic heterocycles. The molecule has 0 amide bonds. The summed E-state index contributed by atoms with van der Waals surface area (Å²) in [6.07, 6.45) is 1.72. The van der Waals surface area contributed by atoms with Gasteiger partial charge in [-0.15, -0.1) is 0 Å². The number of esters is 1. The van der Waals surface area contributed by atoms with Crippen LogP contribution in [0, 0.1) is 0 Å². The molecule has 0 unspecified atom stereocenters. The van der Waals surface area contributed by atoms with Gasteiger partial charge in [-0.05, 0) is 18.1 Å². The number of hydrogen-bond acceptors (Lipinski definition) is 3. The summed E-state index contributed by atoms with van der Waals surface area (Å²) in [5.74, 6) is -0.315. The van der Waals surface area contributed by atoms with Gasteiger partial charge in [0, 0.05) is 12.7 Å². The number of rotatable bonds is 6. The van der Waals surface area contributed by atoms with Crippen molar-refractivity contribution in [3.63, 3.8) is 0 Å². The van der Waals surface area contributed by atoms with E-state index in [0.717, 1.165) is 11.1 Å². The predicted octanol–water partition coefficient (Wildman–Crippen LogP) is 3.38. The van der Waals surface area contributed by atoms with Crippen molar-refractivity contribution in [2.24, 2.45) is 0 Å². The van der Waals surface area contributed by atoms with E-state index in [0.29, 0.717) is 18.7 Å². The van der Waals surface area contributed by atoms with E-state index < -0.39 is 0 Å². The number of ether oxygens (including phenoxy) is 1. The molecule has 3 nitrogen and oxygen atoms in total. The van der Waals surface area contributed by atoms with Crippen molar-refractivity contribution in [1.29, 1.82) is 0 Å². The molecule has 0 aliphatic rings. The summed E-state index contributed by atoms with van der Waals surface area (Å²) in [5, 5.41) is 3.18. The highest BCUT2D eigenvalue weighted by molar-refractivity contribution is 6.16. The molecule has 0 spiro atoms. The van der Waals surface area contributed by atoms with E-state index in [4.69, 9.17) is 4.74 Å². The second-order valence-corrected chi connectivity index (χ2v) is 4.51. The van der Waals surface area contributed by atoms with Gasteiger partial charge < -0.3 is 10.1 Å². The van der Waals surface area contributed by atoms with Gasteiger partial charge in [0.25, 0.3) is 0 Å². The second kappa shape index (κ2) is 7.90. The van der Waals surface area contributed by atoms with E-state index >= 15 is 0 Å². The Hall–Kier alpha value is -2.55. The van der Waals surface area contributed by atoms with Gasteiger partial charge in [0.2, 0.25) is 0 Å². The van der Waals surface area contributed by atoms with Crippen molar-refractivity contribution in [1.82, 2.24) is 5.32 Å². The van der Waals surface area contributed by atoms with Crippen LogP contribution in [0.5, 0.6) is 0 Å². The van der Waals surface area contributed by atoms with Crippen LogP contribution in [0.3, 0.4) is 0 Å². The topological polar surface area (TPSA) is 38.3 Å². The van der Waals surface area contributed by atoms with Crippen LogP contribution in [-0.4, -0.2) is 12.6 Å². The highest BCUT2D eigenvalue weighted by Gasteiger charge is 2.12. The van der Waals surface area contributed by atoms with E-state index in [2.05, 4.69) is 5.32 Å². The van der Waals surface area contributed by atoms with Crippen LogP contribution in [0.15, 0.2) is 66.9 Å². The Labute approximate surface area is 125 Å². The number of hydrogen-bond donors (Lipinski definition) is 1. The smallest absolute Gasteiger partial charge is 0.340 e. The lowest BCUT2D eigenvalue weighted by Crippen LogP contribution is -2.12.